The fourth-order valence-electron chi connectivity index (χ4n) is 5.03. The lowest BCUT2D eigenvalue weighted by Crippen LogP contribution is -2.53. The summed E-state index contributed by atoms with van der Waals surface area (Å²) in [5.74, 6) is -1.77. The maximum atomic E-state index is 14.2. The Balaban J connectivity index is 1.76. The summed E-state index contributed by atoms with van der Waals surface area (Å²) in [6.07, 6.45) is 3.96. The first-order valence-electron chi connectivity index (χ1n) is 13.6. The van der Waals surface area contributed by atoms with Gasteiger partial charge in [-0.2, -0.15) is 0 Å². The number of carbonyl (C=O) groups excluding carboxylic acids is 2. The second kappa shape index (κ2) is 14.1. The van der Waals surface area contributed by atoms with Crippen molar-refractivity contribution in [3.8, 4) is 0 Å². The Bertz CT molecular complexity index is 1520. The quantitative estimate of drug-likeness (QED) is 0.245. The molecule has 7 nitrogen and oxygen atoms in total. The number of sulfonamides is 1. The SMILES string of the molecule is CC[C@H](C(=O)NC1CCCC1)N(Cc1c(Cl)cccc1Cl)C(=O)CN(c1ccc(F)c(Cl)c1)S(=O)(=O)c1ccccc1. The minimum atomic E-state index is -4.32. The molecule has 1 N–H and O–H groups in total. The van der Waals surface area contributed by atoms with Gasteiger partial charge in [-0.25, -0.2) is 12.8 Å². The number of carbonyl (C=O) groups is 2. The van der Waals surface area contributed by atoms with Gasteiger partial charge in [0.1, 0.15) is 18.4 Å². The zero-order valence-electron chi connectivity index (χ0n) is 22.9. The Morgan fingerprint density at radius 2 is 1.60 bits per heavy atom. The van der Waals surface area contributed by atoms with Crippen molar-refractivity contribution in [1.82, 2.24) is 10.2 Å². The first-order valence-corrected chi connectivity index (χ1v) is 16.2. The lowest BCUT2D eigenvalue weighted by atomic mass is 10.1. The summed E-state index contributed by atoms with van der Waals surface area (Å²) < 4.78 is 42.6. The van der Waals surface area contributed by atoms with Crippen LogP contribution in [0.4, 0.5) is 10.1 Å². The number of nitrogens with zero attached hydrogens (tertiary/aromatic N) is 2. The summed E-state index contributed by atoms with van der Waals surface area (Å²) in [6, 6.07) is 14.9. The van der Waals surface area contributed by atoms with E-state index in [0.29, 0.717) is 15.6 Å². The zero-order chi connectivity index (χ0) is 30.4. The molecular weight excluding hydrogens is 624 g/mol. The topological polar surface area (TPSA) is 86.8 Å². The van der Waals surface area contributed by atoms with E-state index in [1.165, 1.54) is 23.1 Å². The average molecular weight is 655 g/mol. The average Bonchev–Trinajstić information content (AvgIpc) is 3.48. The van der Waals surface area contributed by atoms with Crippen molar-refractivity contribution in [2.45, 2.75) is 62.6 Å². The second-order valence-electron chi connectivity index (χ2n) is 10.1. The van der Waals surface area contributed by atoms with E-state index in [1.54, 1.807) is 43.3 Å². The highest BCUT2D eigenvalue weighted by molar-refractivity contribution is 7.92. The van der Waals surface area contributed by atoms with Crippen molar-refractivity contribution in [1.29, 1.82) is 0 Å². The molecule has 0 aromatic heterocycles. The minimum absolute atomic E-state index is 0.00344. The monoisotopic (exact) mass is 653 g/mol. The van der Waals surface area contributed by atoms with Crippen LogP contribution in [0.1, 0.15) is 44.6 Å². The van der Waals surface area contributed by atoms with Gasteiger partial charge in [0.05, 0.1) is 15.6 Å². The van der Waals surface area contributed by atoms with E-state index in [2.05, 4.69) is 5.32 Å². The highest BCUT2D eigenvalue weighted by Crippen LogP contribution is 2.30. The van der Waals surface area contributed by atoms with E-state index in [9.17, 15) is 22.4 Å². The molecule has 0 aliphatic heterocycles. The molecule has 4 rings (SSSR count). The summed E-state index contributed by atoms with van der Waals surface area (Å²) in [7, 11) is -4.32. The largest absolute Gasteiger partial charge is 0.352 e. The van der Waals surface area contributed by atoms with Crippen molar-refractivity contribution >= 4 is 62.3 Å². The molecular formula is C30H31Cl3FN3O4S. The van der Waals surface area contributed by atoms with Crippen molar-refractivity contribution in [3.63, 3.8) is 0 Å². The normalized spacial score (nSPS) is 14.4. The number of hydrogen-bond acceptors (Lipinski definition) is 4. The summed E-state index contributed by atoms with van der Waals surface area (Å²) >= 11 is 18.9. The summed E-state index contributed by atoms with van der Waals surface area (Å²) in [6.45, 7) is 0.928. The molecule has 0 bridgehead atoms. The van der Waals surface area contributed by atoms with Crippen LogP contribution >= 0.6 is 34.8 Å². The van der Waals surface area contributed by atoms with Crippen molar-refractivity contribution in [2.24, 2.45) is 0 Å². The number of hydrogen-bond donors (Lipinski definition) is 1. The number of anilines is 1. The zero-order valence-corrected chi connectivity index (χ0v) is 26.0. The lowest BCUT2D eigenvalue weighted by Gasteiger charge is -2.34. The predicted molar refractivity (Wildman–Crippen MR) is 164 cm³/mol. The minimum Gasteiger partial charge on any atom is -0.352 e. The molecule has 0 unspecified atom stereocenters. The molecule has 0 heterocycles. The fourth-order valence-corrected chi connectivity index (χ4v) is 7.15. The van der Waals surface area contributed by atoms with Crippen LogP contribution in [-0.4, -0.2) is 43.8 Å². The molecule has 1 saturated carbocycles. The third kappa shape index (κ3) is 7.37. The smallest absolute Gasteiger partial charge is 0.264 e. The number of halogens is 4. The molecule has 1 aliphatic carbocycles. The fraction of sp³-hybridized carbons (Fsp3) is 0.333. The molecule has 0 spiro atoms. The van der Waals surface area contributed by atoms with Gasteiger partial charge in [0.2, 0.25) is 11.8 Å². The van der Waals surface area contributed by atoms with Crippen LogP contribution in [0.3, 0.4) is 0 Å². The predicted octanol–water partition coefficient (Wildman–Crippen LogP) is 6.85. The van der Waals surface area contributed by atoms with Crippen LogP contribution in [0, 0.1) is 5.82 Å². The van der Waals surface area contributed by atoms with Gasteiger partial charge in [0, 0.05) is 28.2 Å². The van der Waals surface area contributed by atoms with E-state index in [4.69, 9.17) is 34.8 Å². The Morgan fingerprint density at radius 1 is 0.952 bits per heavy atom. The van der Waals surface area contributed by atoms with Gasteiger partial charge in [-0.05, 0) is 61.7 Å². The van der Waals surface area contributed by atoms with Crippen LogP contribution in [0.25, 0.3) is 0 Å². The van der Waals surface area contributed by atoms with Crippen LogP contribution < -0.4 is 9.62 Å². The van der Waals surface area contributed by atoms with E-state index >= 15 is 0 Å². The molecule has 1 aliphatic rings. The summed E-state index contributed by atoms with van der Waals surface area (Å²) in [5, 5.41) is 3.33. The highest BCUT2D eigenvalue weighted by atomic mass is 35.5. The highest BCUT2D eigenvalue weighted by Gasteiger charge is 2.35. The standard InChI is InChI=1S/C30H31Cl3FN3O4S/c1-2-28(30(39)35-20-9-6-7-10-20)36(18-23-24(31)13-8-14-25(23)32)29(38)19-37(21-15-16-27(34)26(33)17-21)42(40,41)22-11-4-3-5-12-22/h3-5,8,11-17,20,28H,2,6-7,9-10,18-19H2,1H3,(H,35,39)/t28-/m1/s1. The molecule has 1 atom stereocenters. The maximum absolute atomic E-state index is 14.2. The number of rotatable bonds is 11. The van der Waals surface area contributed by atoms with Gasteiger partial charge in [-0.1, -0.05) is 78.8 Å². The van der Waals surface area contributed by atoms with Gasteiger partial charge in [0.25, 0.3) is 10.0 Å². The third-order valence-corrected chi connectivity index (χ3v) is 10.1. The van der Waals surface area contributed by atoms with E-state index in [1.807, 2.05) is 0 Å². The van der Waals surface area contributed by atoms with Crippen LogP contribution in [0.5, 0.6) is 0 Å². The summed E-state index contributed by atoms with van der Waals surface area (Å²) in [4.78, 5) is 28.9. The Morgan fingerprint density at radius 3 is 2.19 bits per heavy atom. The first-order chi connectivity index (χ1) is 20.0. The van der Waals surface area contributed by atoms with E-state index in [-0.39, 0.29) is 40.5 Å². The van der Waals surface area contributed by atoms with E-state index in [0.717, 1.165) is 42.1 Å². The summed E-state index contributed by atoms with van der Waals surface area (Å²) in [5.41, 5.74) is 0.404. The van der Waals surface area contributed by atoms with Crippen molar-refractivity contribution < 1.29 is 22.4 Å². The molecule has 1 fully saturated rings. The molecule has 3 aromatic rings. The molecule has 0 radical (unpaired) electrons. The van der Waals surface area contributed by atoms with Gasteiger partial charge in [-0.3, -0.25) is 13.9 Å². The van der Waals surface area contributed by atoms with Gasteiger partial charge in [-0.15, -0.1) is 0 Å². The Hall–Kier alpha value is -2.85. The third-order valence-electron chi connectivity index (χ3n) is 7.28. The molecule has 12 heteroatoms. The Kier molecular flexibility index (Phi) is 10.8. The number of benzene rings is 3. The first kappa shape index (κ1) is 32.1. The number of nitrogens with one attached hydrogen (secondary N) is 1. The molecule has 3 aromatic carbocycles. The Labute approximate surface area is 260 Å². The van der Waals surface area contributed by atoms with Gasteiger partial charge >= 0.3 is 0 Å². The van der Waals surface area contributed by atoms with Crippen LogP contribution in [0.2, 0.25) is 15.1 Å². The van der Waals surface area contributed by atoms with E-state index < -0.39 is 34.3 Å². The molecule has 0 saturated heterocycles. The van der Waals surface area contributed by atoms with Crippen LogP contribution in [0.15, 0.2) is 71.6 Å². The van der Waals surface area contributed by atoms with Gasteiger partial charge < -0.3 is 10.2 Å². The number of amides is 2. The second-order valence-corrected chi connectivity index (χ2v) is 13.1. The van der Waals surface area contributed by atoms with Gasteiger partial charge in [0.15, 0.2) is 0 Å². The van der Waals surface area contributed by atoms with Crippen LogP contribution in [-0.2, 0) is 26.2 Å². The molecule has 224 valence electrons. The lowest BCUT2D eigenvalue weighted by molar-refractivity contribution is -0.140. The van der Waals surface area contributed by atoms with Crippen molar-refractivity contribution in [2.75, 3.05) is 10.8 Å². The maximum Gasteiger partial charge on any atom is 0.264 e. The van der Waals surface area contributed by atoms with Crippen molar-refractivity contribution in [3.05, 3.63) is 93.2 Å². The molecule has 2 amide bonds. The molecule has 42 heavy (non-hydrogen) atoms.